The summed E-state index contributed by atoms with van der Waals surface area (Å²) in [6, 6.07) is 5.76. The van der Waals surface area contributed by atoms with Crippen LogP contribution in [0.1, 0.15) is 39.0 Å². The van der Waals surface area contributed by atoms with Gasteiger partial charge in [-0.2, -0.15) is 4.98 Å². The van der Waals surface area contributed by atoms with E-state index in [0.29, 0.717) is 24.2 Å². The second-order valence-electron chi connectivity index (χ2n) is 6.24. The van der Waals surface area contributed by atoms with Crippen LogP contribution in [0, 0.1) is 0 Å². The Kier molecular flexibility index (Phi) is 4.19. The van der Waals surface area contributed by atoms with Gasteiger partial charge in [-0.1, -0.05) is 6.42 Å². The molecule has 3 N–H and O–H groups in total. The zero-order chi connectivity index (χ0) is 14.8. The van der Waals surface area contributed by atoms with E-state index in [0.717, 1.165) is 17.9 Å². The third-order valence-electron chi connectivity index (χ3n) is 4.86. The summed E-state index contributed by atoms with van der Waals surface area (Å²) in [5, 5.41) is 3.58. The van der Waals surface area contributed by atoms with Gasteiger partial charge in [-0.15, -0.1) is 0 Å². The van der Waals surface area contributed by atoms with E-state index in [1.54, 1.807) is 0 Å². The predicted molar refractivity (Wildman–Crippen MR) is 85.7 cm³/mol. The molecule has 116 valence electrons. The minimum absolute atomic E-state index is 0.502. The van der Waals surface area contributed by atoms with Crippen molar-refractivity contribution < 1.29 is 4.74 Å². The fraction of sp³-hybridized carbons (Fsp3) is 0.688. The molecule has 3 heterocycles. The van der Waals surface area contributed by atoms with Gasteiger partial charge in [0, 0.05) is 18.1 Å². The van der Waals surface area contributed by atoms with Crippen molar-refractivity contribution in [2.45, 2.75) is 57.2 Å². The fourth-order valence-electron chi connectivity index (χ4n) is 3.73. The normalized spacial score (nSPS) is 29.1. The van der Waals surface area contributed by atoms with Gasteiger partial charge >= 0.3 is 0 Å². The van der Waals surface area contributed by atoms with Crippen molar-refractivity contribution in [3.63, 3.8) is 0 Å². The molecule has 0 aromatic carbocycles. The lowest BCUT2D eigenvalue weighted by atomic mass is 9.82. The van der Waals surface area contributed by atoms with Gasteiger partial charge in [-0.25, -0.2) is 0 Å². The molecule has 2 aliphatic rings. The molecule has 0 radical (unpaired) electrons. The predicted octanol–water partition coefficient (Wildman–Crippen LogP) is 2.49. The zero-order valence-electron chi connectivity index (χ0n) is 13.0. The minimum atomic E-state index is 0.502. The number of hydrogen-bond donors (Lipinski definition) is 2. The molecule has 2 bridgehead atoms. The Morgan fingerprint density at radius 2 is 2.05 bits per heavy atom. The van der Waals surface area contributed by atoms with E-state index < -0.39 is 0 Å². The number of aromatic nitrogens is 1. The molecule has 21 heavy (non-hydrogen) atoms. The van der Waals surface area contributed by atoms with Crippen molar-refractivity contribution in [3.8, 4) is 5.88 Å². The standard InChI is InChI=1S/C16H26N4O/c1-3-21-16-14(17)7-8-15(19-16)18-11-9-12-5-4-6-13(10-11)20(12)2/h7-8,11-13H,3-6,9-10,17H2,1-2H3,(H,18,19). The van der Waals surface area contributed by atoms with Crippen molar-refractivity contribution in [3.05, 3.63) is 12.1 Å². The van der Waals surface area contributed by atoms with Crippen LogP contribution in [0.4, 0.5) is 11.5 Å². The number of piperidine rings is 2. The van der Waals surface area contributed by atoms with Crippen molar-refractivity contribution >= 4 is 11.5 Å². The van der Waals surface area contributed by atoms with E-state index in [1.165, 1.54) is 32.1 Å². The smallest absolute Gasteiger partial charge is 0.239 e. The maximum Gasteiger partial charge on any atom is 0.239 e. The van der Waals surface area contributed by atoms with Crippen molar-refractivity contribution in [2.75, 3.05) is 24.7 Å². The van der Waals surface area contributed by atoms with E-state index in [-0.39, 0.29) is 0 Å². The molecule has 0 amide bonds. The first-order valence-electron chi connectivity index (χ1n) is 8.05. The number of nitrogens with two attached hydrogens (primary N) is 1. The number of fused-ring (bicyclic) bond motifs is 2. The molecule has 0 saturated carbocycles. The fourth-order valence-corrected chi connectivity index (χ4v) is 3.73. The minimum Gasteiger partial charge on any atom is -0.476 e. The summed E-state index contributed by atoms with van der Waals surface area (Å²) in [5.41, 5.74) is 6.48. The highest BCUT2D eigenvalue weighted by molar-refractivity contribution is 5.53. The number of hydrogen-bond acceptors (Lipinski definition) is 5. The molecule has 2 aliphatic heterocycles. The first kappa shape index (κ1) is 14.4. The third-order valence-corrected chi connectivity index (χ3v) is 4.86. The number of rotatable bonds is 4. The molecule has 5 nitrogen and oxygen atoms in total. The molecule has 3 rings (SSSR count). The van der Waals surface area contributed by atoms with Crippen LogP contribution < -0.4 is 15.8 Å². The van der Waals surface area contributed by atoms with E-state index in [1.807, 2.05) is 19.1 Å². The number of nitrogens with one attached hydrogen (secondary N) is 1. The monoisotopic (exact) mass is 290 g/mol. The number of ether oxygens (including phenoxy) is 1. The van der Waals surface area contributed by atoms with Gasteiger partial charge in [0.15, 0.2) is 0 Å². The Morgan fingerprint density at radius 3 is 2.71 bits per heavy atom. The molecule has 2 fully saturated rings. The summed E-state index contributed by atoms with van der Waals surface area (Å²) in [4.78, 5) is 7.07. The van der Waals surface area contributed by atoms with Gasteiger partial charge in [-0.05, 0) is 51.8 Å². The van der Waals surface area contributed by atoms with Crippen LogP contribution in [0.3, 0.4) is 0 Å². The molecule has 1 aromatic heterocycles. The second-order valence-corrected chi connectivity index (χ2v) is 6.24. The van der Waals surface area contributed by atoms with Crippen molar-refractivity contribution in [1.82, 2.24) is 9.88 Å². The molecule has 5 heteroatoms. The van der Waals surface area contributed by atoms with Crippen molar-refractivity contribution in [2.24, 2.45) is 0 Å². The van der Waals surface area contributed by atoms with Gasteiger partial charge in [0.2, 0.25) is 5.88 Å². The average Bonchev–Trinajstić information content (AvgIpc) is 2.44. The van der Waals surface area contributed by atoms with Crippen LogP contribution in [0.2, 0.25) is 0 Å². The Balaban J connectivity index is 1.68. The summed E-state index contributed by atoms with van der Waals surface area (Å²) in [6.45, 7) is 2.53. The van der Waals surface area contributed by atoms with E-state index in [2.05, 4.69) is 22.2 Å². The van der Waals surface area contributed by atoms with Crippen molar-refractivity contribution in [1.29, 1.82) is 0 Å². The van der Waals surface area contributed by atoms with E-state index >= 15 is 0 Å². The Bertz CT molecular complexity index is 479. The summed E-state index contributed by atoms with van der Waals surface area (Å²) < 4.78 is 5.47. The highest BCUT2D eigenvalue weighted by Crippen LogP contribution is 2.34. The van der Waals surface area contributed by atoms with Crippen LogP contribution in [0.15, 0.2) is 12.1 Å². The highest BCUT2D eigenvalue weighted by Gasteiger charge is 2.35. The SMILES string of the molecule is CCOc1nc(NC2CC3CCCC(C2)N3C)ccc1N. The maximum absolute atomic E-state index is 5.88. The lowest BCUT2D eigenvalue weighted by molar-refractivity contribution is 0.0608. The van der Waals surface area contributed by atoms with Crippen LogP contribution >= 0.6 is 0 Å². The number of pyridine rings is 1. The van der Waals surface area contributed by atoms with E-state index in [9.17, 15) is 0 Å². The van der Waals surface area contributed by atoms with Crippen LogP contribution in [0.25, 0.3) is 0 Å². The lowest BCUT2D eigenvalue weighted by Gasteiger charge is -2.47. The molecule has 2 unspecified atom stereocenters. The largest absolute Gasteiger partial charge is 0.476 e. The van der Waals surface area contributed by atoms with Gasteiger partial charge in [0.1, 0.15) is 5.82 Å². The summed E-state index contributed by atoms with van der Waals surface area (Å²) >= 11 is 0. The molecule has 0 spiro atoms. The molecule has 0 aliphatic carbocycles. The number of nitrogen functional groups attached to an aromatic ring is 1. The van der Waals surface area contributed by atoms with Gasteiger partial charge in [-0.3, -0.25) is 0 Å². The molecule has 2 atom stereocenters. The summed E-state index contributed by atoms with van der Waals surface area (Å²) in [6.07, 6.45) is 6.42. The number of anilines is 2. The Morgan fingerprint density at radius 1 is 1.33 bits per heavy atom. The van der Waals surface area contributed by atoms with Crippen LogP contribution in [-0.4, -0.2) is 41.7 Å². The first-order valence-corrected chi connectivity index (χ1v) is 8.05. The van der Waals surface area contributed by atoms with Gasteiger partial charge in [0.05, 0.1) is 12.3 Å². The Labute approximate surface area is 126 Å². The molecule has 2 saturated heterocycles. The zero-order valence-corrected chi connectivity index (χ0v) is 13.0. The van der Waals surface area contributed by atoms with Crippen LogP contribution in [0.5, 0.6) is 5.88 Å². The molecular formula is C16H26N4O. The third kappa shape index (κ3) is 3.07. The number of nitrogens with zero attached hydrogens (tertiary/aromatic N) is 2. The topological polar surface area (TPSA) is 63.4 Å². The summed E-state index contributed by atoms with van der Waals surface area (Å²) in [7, 11) is 2.28. The van der Waals surface area contributed by atoms with Gasteiger partial charge in [0.25, 0.3) is 0 Å². The van der Waals surface area contributed by atoms with E-state index in [4.69, 9.17) is 10.5 Å². The molecular weight excluding hydrogens is 264 g/mol. The highest BCUT2D eigenvalue weighted by atomic mass is 16.5. The summed E-state index contributed by atoms with van der Waals surface area (Å²) in [5.74, 6) is 1.41. The lowest BCUT2D eigenvalue weighted by Crippen LogP contribution is -2.52. The van der Waals surface area contributed by atoms with Gasteiger partial charge < -0.3 is 20.7 Å². The maximum atomic E-state index is 5.88. The second kappa shape index (κ2) is 6.10. The molecule has 1 aromatic rings. The Hall–Kier alpha value is -1.49. The first-order chi connectivity index (χ1) is 10.2. The van der Waals surface area contributed by atoms with Crippen LogP contribution in [-0.2, 0) is 0 Å². The average molecular weight is 290 g/mol. The quantitative estimate of drug-likeness (QED) is 0.892.